The average molecular weight is 775 g/mol. The van der Waals surface area contributed by atoms with E-state index in [0.29, 0.717) is 36.0 Å². The summed E-state index contributed by atoms with van der Waals surface area (Å²) in [5, 5.41) is 36.0. The van der Waals surface area contributed by atoms with E-state index < -0.39 is 12.1 Å². The first-order valence-electron chi connectivity index (χ1n) is 18.3. The third-order valence-corrected chi connectivity index (χ3v) is 9.07. The van der Waals surface area contributed by atoms with Crippen LogP contribution in [-0.2, 0) is 32.0 Å². The highest BCUT2D eigenvalue weighted by molar-refractivity contribution is 7.80. The molecule has 2 aromatic carbocycles. The Morgan fingerprint density at radius 2 is 0.889 bits per heavy atom. The van der Waals surface area contributed by atoms with Crippen LogP contribution in [-0.4, -0.2) is 87.8 Å². The molecule has 0 bridgehead atoms. The van der Waals surface area contributed by atoms with Gasteiger partial charge in [-0.15, -0.1) is 40.8 Å². The number of hydrogen-bond acceptors (Lipinski definition) is 14. The smallest absolute Gasteiger partial charge is 0.225 e. The van der Waals surface area contributed by atoms with Gasteiger partial charge in [0, 0.05) is 35.5 Å². The van der Waals surface area contributed by atoms with Crippen LogP contribution in [0.2, 0.25) is 0 Å². The monoisotopic (exact) mass is 774 g/mol. The van der Waals surface area contributed by atoms with Crippen LogP contribution in [0.4, 0.5) is 0 Å². The second-order valence-electron chi connectivity index (χ2n) is 12.6. The number of amides is 2. The lowest BCUT2D eigenvalue weighted by molar-refractivity contribution is -0.127. The zero-order valence-electron chi connectivity index (χ0n) is 30.9. The molecule has 0 saturated carbocycles. The summed E-state index contributed by atoms with van der Waals surface area (Å²) in [6.07, 6.45) is 12.2. The highest BCUT2D eigenvalue weighted by Crippen LogP contribution is 2.16. The van der Waals surface area contributed by atoms with Crippen molar-refractivity contribution < 1.29 is 19.2 Å². The van der Waals surface area contributed by atoms with E-state index in [9.17, 15) is 19.2 Å². The van der Waals surface area contributed by atoms with Gasteiger partial charge < -0.3 is 10.6 Å². The van der Waals surface area contributed by atoms with Gasteiger partial charge in [0.1, 0.15) is 0 Å². The molecule has 2 aromatic heterocycles. The Morgan fingerprint density at radius 1 is 0.537 bits per heavy atom. The summed E-state index contributed by atoms with van der Waals surface area (Å²) in [6, 6.07) is 13.5. The van der Waals surface area contributed by atoms with Crippen molar-refractivity contribution in [2.75, 3.05) is 11.5 Å². The zero-order chi connectivity index (χ0) is 39.0. The van der Waals surface area contributed by atoms with Crippen molar-refractivity contribution in [1.82, 2.24) is 51.4 Å². The Labute approximate surface area is 327 Å². The van der Waals surface area contributed by atoms with Crippen molar-refractivity contribution in [3.8, 4) is 22.8 Å². The lowest BCUT2D eigenvalue weighted by Gasteiger charge is -2.15. The van der Waals surface area contributed by atoms with E-state index in [1.165, 1.54) is 12.7 Å². The Morgan fingerprint density at radius 3 is 1.20 bits per heavy atom. The number of rotatable bonds is 22. The molecule has 4 rings (SSSR count). The summed E-state index contributed by atoms with van der Waals surface area (Å²) in [5.41, 5.74) is 3.22. The van der Waals surface area contributed by atoms with Crippen molar-refractivity contribution in [3.05, 3.63) is 72.3 Å². The van der Waals surface area contributed by atoms with Crippen LogP contribution in [0.1, 0.15) is 89.2 Å². The second-order valence-corrected chi connectivity index (χ2v) is 13.4. The molecule has 0 aliphatic rings. The number of hydrogen-bond donors (Lipinski definition) is 4. The maximum atomic E-state index is 12.3. The van der Waals surface area contributed by atoms with Crippen LogP contribution >= 0.6 is 25.3 Å². The van der Waals surface area contributed by atoms with Gasteiger partial charge in [-0.25, -0.2) is 0 Å². The minimum atomic E-state index is -0.531. The first-order chi connectivity index (χ1) is 26.3. The van der Waals surface area contributed by atoms with E-state index in [1.54, 1.807) is 0 Å². The van der Waals surface area contributed by atoms with E-state index in [2.05, 4.69) is 90.5 Å². The van der Waals surface area contributed by atoms with E-state index >= 15 is 0 Å². The van der Waals surface area contributed by atoms with Crippen LogP contribution in [0.25, 0.3) is 22.8 Å². The van der Waals surface area contributed by atoms with Gasteiger partial charge in [-0.2, -0.15) is 25.3 Å². The van der Waals surface area contributed by atoms with Gasteiger partial charge in [0.2, 0.25) is 23.5 Å². The fraction of sp³-hybridized carbons (Fsp3) is 0.474. The fourth-order valence-corrected chi connectivity index (χ4v) is 5.89. The zero-order valence-corrected chi connectivity index (χ0v) is 32.7. The quantitative estimate of drug-likeness (QED) is 0.0627. The Kier molecular flexibility index (Phi) is 20.5. The molecule has 16 heteroatoms. The topological polar surface area (TPSA) is 195 Å². The van der Waals surface area contributed by atoms with Crippen LogP contribution in [0.3, 0.4) is 0 Å². The van der Waals surface area contributed by atoms with Crippen molar-refractivity contribution in [1.29, 1.82) is 0 Å². The predicted molar refractivity (Wildman–Crippen MR) is 213 cm³/mol. The number of nitrogens with zero attached hydrogens (tertiary/aromatic N) is 8. The van der Waals surface area contributed by atoms with E-state index in [0.717, 1.165) is 73.6 Å². The highest BCUT2D eigenvalue weighted by atomic mass is 32.1. The summed E-state index contributed by atoms with van der Waals surface area (Å²) in [7, 11) is 0. The SMILES string of the molecule is CCCCCCC(=O)C(CS)NC(=O)Cc1ccc(-c2nncnn2)cc1.CCCCCCC(=O)C(CS)NC(=O)Cc1ccc(-c2nncnn2)cc1. The van der Waals surface area contributed by atoms with Crippen molar-refractivity contribution in [2.24, 2.45) is 0 Å². The Balaban J connectivity index is 0.000000290. The van der Waals surface area contributed by atoms with Gasteiger partial charge in [0.25, 0.3) is 0 Å². The molecule has 2 amide bonds. The molecule has 54 heavy (non-hydrogen) atoms. The fourth-order valence-electron chi connectivity index (χ4n) is 5.30. The van der Waals surface area contributed by atoms with E-state index in [-0.39, 0.29) is 36.2 Å². The summed E-state index contributed by atoms with van der Waals surface area (Å²) >= 11 is 8.42. The van der Waals surface area contributed by atoms with Gasteiger partial charge in [0.05, 0.1) is 24.9 Å². The maximum Gasteiger partial charge on any atom is 0.225 e. The van der Waals surface area contributed by atoms with Gasteiger partial charge in [-0.05, 0) is 24.0 Å². The minimum Gasteiger partial charge on any atom is -0.345 e. The van der Waals surface area contributed by atoms with Crippen molar-refractivity contribution in [2.45, 2.75) is 103 Å². The number of carbonyl (C=O) groups excluding carboxylic acids is 4. The van der Waals surface area contributed by atoms with Crippen molar-refractivity contribution >= 4 is 48.6 Å². The number of ketones is 2. The first kappa shape index (κ1) is 43.7. The normalized spacial score (nSPS) is 11.8. The molecule has 2 heterocycles. The number of aromatic nitrogens is 8. The number of thiol groups is 2. The molecule has 4 aromatic rings. The number of benzene rings is 2. The lowest BCUT2D eigenvalue weighted by atomic mass is 10.0. The molecule has 2 N–H and O–H groups in total. The molecule has 0 radical (unpaired) electrons. The van der Waals surface area contributed by atoms with Gasteiger partial charge >= 0.3 is 0 Å². The molecule has 0 saturated heterocycles. The third kappa shape index (κ3) is 16.1. The Bertz CT molecular complexity index is 1580. The molecule has 0 spiro atoms. The van der Waals surface area contributed by atoms with E-state index in [1.807, 2.05) is 48.5 Å². The van der Waals surface area contributed by atoms with Crippen molar-refractivity contribution in [3.63, 3.8) is 0 Å². The van der Waals surface area contributed by atoms with Crippen LogP contribution in [0.15, 0.2) is 61.2 Å². The largest absolute Gasteiger partial charge is 0.345 e. The molecular formula is C38H50N10O4S2. The molecule has 2 unspecified atom stereocenters. The molecule has 0 aliphatic carbocycles. The van der Waals surface area contributed by atoms with Gasteiger partial charge in [-0.1, -0.05) is 101 Å². The third-order valence-electron chi connectivity index (χ3n) is 8.34. The van der Waals surface area contributed by atoms with Gasteiger partial charge in [0.15, 0.2) is 24.2 Å². The maximum absolute atomic E-state index is 12.3. The van der Waals surface area contributed by atoms with Crippen LogP contribution in [0, 0.1) is 0 Å². The summed E-state index contributed by atoms with van der Waals surface area (Å²) in [4.78, 5) is 49.0. The molecule has 14 nitrogen and oxygen atoms in total. The number of nitrogens with one attached hydrogen (secondary N) is 2. The number of unbranched alkanes of at least 4 members (excludes halogenated alkanes) is 6. The molecule has 0 aliphatic heterocycles. The molecule has 288 valence electrons. The number of carbonyl (C=O) groups is 4. The number of Topliss-reactive ketones (excluding diaryl/α,β-unsaturated/α-hetero) is 2. The van der Waals surface area contributed by atoms with Gasteiger partial charge in [-0.3, -0.25) is 19.2 Å². The minimum absolute atomic E-state index is 0.0472. The summed E-state index contributed by atoms with van der Waals surface area (Å²) in [5.74, 6) is 1.18. The Hall–Kier alpha value is -4.70. The predicted octanol–water partition coefficient (Wildman–Crippen LogP) is 4.86. The standard InChI is InChI=1S/2C19H25N5O2S/c2*1-2-3-4-5-6-17(25)16(12-27)22-18(26)11-14-7-9-15(10-8-14)19-23-20-13-21-24-19/h2*7-10,13,16,27H,2-6,11-12H2,1H3,(H,22,26). The van der Waals surface area contributed by atoms with E-state index in [4.69, 9.17) is 0 Å². The second kappa shape index (κ2) is 25.3. The molecule has 2 atom stereocenters. The summed E-state index contributed by atoms with van der Waals surface area (Å²) < 4.78 is 0. The van der Waals surface area contributed by atoms with Crippen LogP contribution in [0.5, 0.6) is 0 Å². The average Bonchev–Trinajstić information content (AvgIpc) is 3.20. The van der Waals surface area contributed by atoms with Crippen LogP contribution < -0.4 is 10.6 Å². The highest BCUT2D eigenvalue weighted by Gasteiger charge is 2.20. The first-order valence-corrected chi connectivity index (χ1v) is 19.6. The molecular weight excluding hydrogens is 725 g/mol. The summed E-state index contributed by atoms with van der Waals surface area (Å²) in [6.45, 7) is 4.26. The lowest BCUT2D eigenvalue weighted by Crippen LogP contribution is -2.42. The molecule has 0 fully saturated rings.